The van der Waals surface area contributed by atoms with E-state index < -0.39 is 11.7 Å². The molecule has 2 aromatic carbocycles. The van der Waals surface area contributed by atoms with Gasteiger partial charge in [0.2, 0.25) is 0 Å². The maximum absolute atomic E-state index is 14.4. The number of carbonyl (C=O) groups is 2. The minimum absolute atomic E-state index is 0.0930. The molecule has 0 bridgehead atoms. The number of aromatic nitrogens is 2. The first-order chi connectivity index (χ1) is 18.3. The molecule has 1 heterocycles. The van der Waals surface area contributed by atoms with Crippen molar-refractivity contribution in [3.05, 3.63) is 77.1 Å². The Kier molecular flexibility index (Phi) is 18.3. The van der Waals surface area contributed by atoms with Crippen LogP contribution >= 0.6 is 0 Å². The molecule has 0 aliphatic rings. The molecule has 5 N–H and O–H groups in total. The molecule has 0 radical (unpaired) electrons. The van der Waals surface area contributed by atoms with Gasteiger partial charge in [0.15, 0.2) is 0 Å². The minimum Gasteiger partial charge on any atom is -0.400 e. The molecule has 3 aromatic rings. The summed E-state index contributed by atoms with van der Waals surface area (Å²) < 4.78 is 27.7. The Balaban J connectivity index is 0.000000970. The van der Waals surface area contributed by atoms with Crippen LogP contribution in [-0.2, 0) is 11.3 Å². The fraction of sp³-hybridized carbons (Fsp3) is 0.357. The Morgan fingerprint density at radius 1 is 1.05 bits per heavy atom. The molecule has 0 spiro atoms. The highest BCUT2D eigenvalue weighted by Crippen LogP contribution is 2.23. The van der Waals surface area contributed by atoms with Crippen LogP contribution in [0.2, 0.25) is 0 Å². The van der Waals surface area contributed by atoms with E-state index in [-0.39, 0.29) is 23.7 Å². The van der Waals surface area contributed by atoms with Crippen LogP contribution in [0.3, 0.4) is 0 Å². The molecule has 208 valence electrons. The van der Waals surface area contributed by atoms with Crippen molar-refractivity contribution in [3.8, 4) is 11.3 Å². The standard InChI is InChI=1S/C19H16F2N4O.C6H13NO.C2H6.CH4O/c1-11-6-12(8-14(20)7-11)10-25-19(26)15-3-2-13(9-16(15)21)17-18(22)24-5-4-23-17;1-7-5-3-2-4-6-8;2*1-2/h2-9H,10H2,1H3,(H2,22,24)(H,25,26);6-7H,2-5H2,1H3;1-2H3;2H,1H3. The molecular formula is C28H39F2N5O3. The Morgan fingerprint density at radius 3 is 2.32 bits per heavy atom. The Morgan fingerprint density at radius 2 is 1.74 bits per heavy atom. The molecular weight excluding hydrogens is 492 g/mol. The molecule has 0 aliphatic heterocycles. The number of hydrogen-bond donors (Lipinski definition) is 4. The van der Waals surface area contributed by atoms with Crippen LogP contribution in [0.4, 0.5) is 14.6 Å². The van der Waals surface area contributed by atoms with E-state index >= 15 is 0 Å². The minimum atomic E-state index is -0.708. The lowest BCUT2D eigenvalue weighted by Crippen LogP contribution is -2.24. The summed E-state index contributed by atoms with van der Waals surface area (Å²) in [5.41, 5.74) is 7.71. The van der Waals surface area contributed by atoms with Crippen molar-refractivity contribution in [2.45, 2.75) is 46.6 Å². The molecule has 0 aliphatic carbocycles. The molecule has 0 saturated carbocycles. The van der Waals surface area contributed by atoms with Crippen molar-refractivity contribution >= 4 is 18.0 Å². The molecule has 8 nitrogen and oxygen atoms in total. The van der Waals surface area contributed by atoms with E-state index in [1.165, 1.54) is 36.7 Å². The van der Waals surface area contributed by atoms with Gasteiger partial charge < -0.3 is 26.3 Å². The van der Waals surface area contributed by atoms with E-state index in [0.29, 0.717) is 23.2 Å². The van der Waals surface area contributed by atoms with Gasteiger partial charge in [0, 0.05) is 38.0 Å². The molecule has 0 unspecified atom stereocenters. The number of hydrogen-bond acceptors (Lipinski definition) is 7. The van der Waals surface area contributed by atoms with Gasteiger partial charge in [-0.05, 0) is 68.8 Å². The third-order valence-corrected chi connectivity index (χ3v) is 4.77. The molecule has 1 aromatic heterocycles. The molecule has 3 rings (SSSR count). The Hall–Kier alpha value is -3.76. The number of amides is 1. The summed E-state index contributed by atoms with van der Waals surface area (Å²) in [4.78, 5) is 29.9. The predicted octanol–water partition coefficient (Wildman–Crippen LogP) is 4.45. The average molecular weight is 532 g/mol. The van der Waals surface area contributed by atoms with Crippen LogP contribution in [0, 0.1) is 18.6 Å². The van der Waals surface area contributed by atoms with E-state index in [4.69, 9.17) is 10.8 Å². The number of aliphatic hydroxyl groups is 1. The number of aryl methyl sites for hydroxylation is 1. The number of halogens is 2. The van der Waals surface area contributed by atoms with Crippen LogP contribution in [0.25, 0.3) is 11.3 Å². The van der Waals surface area contributed by atoms with E-state index in [1.54, 1.807) is 19.1 Å². The first-order valence-electron chi connectivity index (χ1n) is 12.3. The van der Waals surface area contributed by atoms with Crippen LogP contribution < -0.4 is 16.4 Å². The quantitative estimate of drug-likeness (QED) is 0.237. The second-order valence-electron chi connectivity index (χ2n) is 7.57. The van der Waals surface area contributed by atoms with Crippen molar-refractivity contribution < 1.29 is 23.5 Å². The Labute approximate surface area is 223 Å². The smallest absolute Gasteiger partial charge is 0.254 e. The zero-order chi connectivity index (χ0) is 28.9. The number of aldehydes is 1. The zero-order valence-corrected chi connectivity index (χ0v) is 22.7. The highest BCUT2D eigenvalue weighted by molar-refractivity contribution is 5.95. The van der Waals surface area contributed by atoms with Gasteiger partial charge in [-0.3, -0.25) is 9.78 Å². The number of benzene rings is 2. The highest BCUT2D eigenvalue weighted by Gasteiger charge is 2.14. The SMILES string of the molecule is CC.CNCCCCC=O.CO.Cc1cc(F)cc(CNC(=O)c2ccc(-c3nccnc3N)cc2F)c1. The molecule has 10 heteroatoms. The lowest BCUT2D eigenvalue weighted by atomic mass is 10.1. The lowest BCUT2D eigenvalue weighted by molar-refractivity contribution is -0.107. The fourth-order valence-electron chi connectivity index (χ4n) is 3.14. The van der Waals surface area contributed by atoms with E-state index in [9.17, 15) is 18.4 Å². The maximum atomic E-state index is 14.4. The van der Waals surface area contributed by atoms with Crippen molar-refractivity contribution in [1.82, 2.24) is 20.6 Å². The zero-order valence-electron chi connectivity index (χ0n) is 22.7. The van der Waals surface area contributed by atoms with Crippen LogP contribution in [0.1, 0.15) is 54.6 Å². The van der Waals surface area contributed by atoms with Gasteiger partial charge in [0.25, 0.3) is 5.91 Å². The van der Waals surface area contributed by atoms with Crippen LogP contribution in [-0.4, -0.2) is 48.0 Å². The van der Waals surface area contributed by atoms with Gasteiger partial charge >= 0.3 is 0 Å². The third-order valence-electron chi connectivity index (χ3n) is 4.77. The van der Waals surface area contributed by atoms with Gasteiger partial charge in [-0.2, -0.15) is 0 Å². The molecule has 1 amide bonds. The number of anilines is 1. The summed E-state index contributed by atoms with van der Waals surface area (Å²) in [5.74, 6) is -1.51. The number of rotatable bonds is 9. The number of unbranched alkanes of at least 4 members (excludes halogenated alkanes) is 2. The molecule has 0 fully saturated rings. The normalized spacial score (nSPS) is 9.47. The summed E-state index contributed by atoms with van der Waals surface area (Å²) in [6.45, 7) is 6.87. The van der Waals surface area contributed by atoms with Crippen molar-refractivity contribution in [1.29, 1.82) is 0 Å². The largest absolute Gasteiger partial charge is 0.400 e. The van der Waals surface area contributed by atoms with Gasteiger partial charge in [-0.1, -0.05) is 26.0 Å². The number of aliphatic hydroxyl groups excluding tert-OH is 1. The summed E-state index contributed by atoms with van der Waals surface area (Å²) in [5, 5.41) is 12.6. The molecule has 0 saturated heterocycles. The second kappa shape index (κ2) is 20.3. The summed E-state index contributed by atoms with van der Waals surface area (Å²) in [7, 11) is 2.92. The topological polar surface area (TPSA) is 130 Å². The average Bonchev–Trinajstić information content (AvgIpc) is 2.92. The summed E-state index contributed by atoms with van der Waals surface area (Å²) in [6.07, 6.45) is 6.69. The van der Waals surface area contributed by atoms with Gasteiger partial charge in [0.1, 0.15) is 29.4 Å². The van der Waals surface area contributed by atoms with E-state index in [0.717, 1.165) is 38.3 Å². The Bertz CT molecular complexity index is 1090. The number of nitrogens with two attached hydrogens (primary N) is 1. The fourth-order valence-corrected chi connectivity index (χ4v) is 3.14. The number of nitrogen functional groups attached to an aromatic ring is 1. The van der Waals surface area contributed by atoms with Gasteiger partial charge in [-0.25, -0.2) is 13.8 Å². The first-order valence-corrected chi connectivity index (χ1v) is 12.3. The monoisotopic (exact) mass is 531 g/mol. The number of carbonyl (C=O) groups excluding carboxylic acids is 2. The maximum Gasteiger partial charge on any atom is 0.254 e. The predicted molar refractivity (Wildman–Crippen MR) is 147 cm³/mol. The molecule has 0 atom stereocenters. The third kappa shape index (κ3) is 12.5. The second-order valence-corrected chi connectivity index (χ2v) is 7.57. The number of nitrogens with one attached hydrogen (secondary N) is 2. The van der Waals surface area contributed by atoms with Crippen LogP contribution in [0.5, 0.6) is 0 Å². The van der Waals surface area contributed by atoms with Crippen LogP contribution in [0.15, 0.2) is 48.8 Å². The number of nitrogens with zero attached hydrogens (tertiary/aromatic N) is 2. The van der Waals surface area contributed by atoms with Crippen molar-refractivity contribution in [2.75, 3.05) is 26.4 Å². The first kappa shape index (κ1) is 34.2. The van der Waals surface area contributed by atoms with E-state index in [1.807, 2.05) is 20.9 Å². The highest BCUT2D eigenvalue weighted by atomic mass is 19.1. The lowest BCUT2D eigenvalue weighted by Gasteiger charge is -2.09. The molecule has 38 heavy (non-hydrogen) atoms. The van der Waals surface area contributed by atoms with Gasteiger partial charge in [-0.15, -0.1) is 0 Å². The summed E-state index contributed by atoms with van der Waals surface area (Å²) in [6, 6.07) is 8.54. The van der Waals surface area contributed by atoms with Gasteiger partial charge in [0.05, 0.1) is 5.56 Å². The summed E-state index contributed by atoms with van der Waals surface area (Å²) >= 11 is 0. The van der Waals surface area contributed by atoms with Crippen molar-refractivity contribution in [3.63, 3.8) is 0 Å². The van der Waals surface area contributed by atoms with E-state index in [2.05, 4.69) is 20.6 Å². The van der Waals surface area contributed by atoms with Crippen molar-refractivity contribution in [2.24, 2.45) is 0 Å².